The van der Waals surface area contributed by atoms with Gasteiger partial charge in [0.25, 0.3) is 0 Å². The van der Waals surface area contributed by atoms with Crippen molar-refractivity contribution in [3.05, 3.63) is 53.7 Å². The summed E-state index contributed by atoms with van der Waals surface area (Å²) in [6, 6.07) is 11.9. The number of anilines is 2. The zero-order valence-corrected chi connectivity index (χ0v) is 10.3. The molecule has 1 aromatic heterocycles. The maximum Gasteiger partial charge on any atom is 0.233 e. The lowest BCUT2D eigenvalue weighted by Crippen LogP contribution is -2.31. The molecule has 0 radical (unpaired) electrons. The molecule has 0 saturated carbocycles. The van der Waals surface area contributed by atoms with Gasteiger partial charge in [-0.1, -0.05) is 18.2 Å². The summed E-state index contributed by atoms with van der Waals surface area (Å²) in [6.07, 6.45) is 3.08. The van der Waals surface area contributed by atoms with Gasteiger partial charge in [-0.05, 0) is 42.7 Å². The fourth-order valence-electron chi connectivity index (χ4n) is 2.32. The Labute approximate surface area is 106 Å². The number of carbonyl (C=O) groups is 1. The summed E-state index contributed by atoms with van der Waals surface area (Å²) in [5.41, 5.74) is 3.35. The summed E-state index contributed by atoms with van der Waals surface area (Å²) >= 11 is 0. The molecule has 1 aromatic carbocycles. The fourth-order valence-corrected chi connectivity index (χ4v) is 2.32. The molecule has 18 heavy (non-hydrogen) atoms. The average Bonchev–Trinajstić information content (AvgIpc) is 2.39. The van der Waals surface area contributed by atoms with E-state index in [0.717, 1.165) is 17.7 Å². The molecule has 0 spiro atoms. The van der Waals surface area contributed by atoms with Crippen molar-refractivity contribution in [3.8, 4) is 0 Å². The molecule has 3 heteroatoms. The van der Waals surface area contributed by atoms with E-state index in [9.17, 15) is 4.79 Å². The van der Waals surface area contributed by atoms with Crippen molar-refractivity contribution >= 4 is 17.4 Å². The summed E-state index contributed by atoms with van der Waals surface area (Å²) in [5.74, 6) is 0.820. The van der Waals surface area contributed by atoms with E-state index < -0.39 is 0 Å². The quantitative estimate of drug-likeness (QED) is 0.765. The van der Waals surface area contributed by atoms with Crippen LogP contribution in [0.25, 0.3) is 0 Å². The van der Waals surface area contributed by atoms with Gasteiger partial charge in [0.1, 0.15) is 5.82 Å². The van der Waals surface area contributed by atoms with E-state index in [4.69, 9.17) is 0 Å². The van der Waals surface area contributed by atoms with Crippen molar-refractivity contribution in [3.63, 3.8) is 0 Å². The van der Waals surface area contributed by atoms with Gasteiger partial charge in [0.15, 0.2) is 0 Å². The monoisotopic (exact) mass is 238 g/mol. The zero-order valence-electron chi connectivity index (χ0n) is 10.3. The standard InChI is InChI=1S/C15H14N2O/c1-11-5-6-12-7-8-15(18)17(13(12)10-11)14-4-2-3-9-16-14/h2-6,9-10H,7-8H2,1H3. The van der Waals surface area contributed by atoms with Gasteiger partial charge >= 0.3 is 0 Å². The number of benzene rings is 1. The first-order valence-corrected chi connectivity index (χ1v) is 6.09. The summed E-state index contributed by atoms with van der Waals surface area (Å²) in [4.78, 5) is 18.2. The number of amides is 1. The Kier molecular flexibility index (Phi) is 2.59. The summed E-state index contributed by atoms with van der Waals surface area (Å²) in [7, 11) is 0. The highest BCUT2D eigenvalue weighted by atomic mass is 16.2. The Morgan fingerprint density at radius 3 is 2.83 bits per heavy atom. The lowest BCUT2D eigenvalue weighted by Gasteiger charge is -2.28. The van der Waals surface area contributed by atoms with Crippen LogP contribution in [0.15, 0.2) is 42.6 Å². The zero-order chi connectivity index (χ0) is 12.5. The van der Waals surface area contributed by atoms with E-state index in [-0.39, 0.29) is 5.91 Å². The van der Waals surface area contributed by atoms with Gasteiger partial charge in [-0.2, -0.15) is 0 Å². The molecule has 0 atom stereocenters. The van der Waals surface area contributed by atoms with Crippen LogP contribution in [0.3, 0.4) is 0 Å². The minimum atomic E-state index is 0.117. The smallest absolute Gasteiger partial charge is 0.233 e. The van der Waals surface area contributed by atoms with Gasteiger partial charge in [0, 0.05) is 12.6 Å². The van der Waals surface area contributed by atoms with Gasteiger partial charge in [-0.3, -0.25) is 9.69 Å². The Morgan fingerprint density at radius 2 is 2.06 bits per heavy atom. The fraction of sp³-hybridized carbons (Fsp3) is 0.200. The lowest BCUT2D eigenvalue weighted by atomic mass is 9.99. The molecule has 1 aliphatic heterocycles. The Bertz CT molecular complexity index is 593. The van der Waals surface area contributed by atoms with Crippen LogP contribution in [0.2, 0.25) is 0 Å². The van der Waals surface area contributed by atoms with E-state index in [1.54, 1.807) is 11.1 Å². The van der Waals surface area contributed by atoms with Crippen LogP contribution in [-0.2, 0) is 11.2 Å². The van der Waals surface area contributed by atoms with Gasteiger partial charge in [0.2, 0.25) is 5.91 Å². The second-order valence-corrected chi connectivity index (χ2v) is 4.55. The first-order chi connectivity index (χ1) is 8.75. The van der Waals surface area contributed by atoms with Gasteiger partial charge < -0.3 is 0 Å². The number of aromatic nitrogens is 1. The van der Waals surface area contributed by atoms with E-state index in [2.05, 4.69) is 23.2 Å². The predicted octanol–water partition coefficient (Wildman–Crippen LogP) is 3.00. The molecule has 2 heterocycles. The second kappa shape index (κ2) is 4.26. The van der Waals surface area contributed by atoms with Crippen LogP contribution in [-0.4, -0.2) is 10.9 Å². The van der Waals surface area contributed by atoms with E-state index in [1.165, 1.54) is 5.56 Å². The molecule has 0 unspecified atom stereocenters. The third-order valence-corrected chi connectivity index (χ3v) is 3.22. The molecule has 2 aromatic rings. The number of fused-ring (bicyclic) bond motifs is 1. The Hall–Kier alpha value is -2.16. The van der Waals surface area contributed by atoms with E-state index in [1.807, 2.05) is 25.1 Å². The second-order valence-electron chi connectivity index (χ2n) is 4.55. The highest BCUT2D eigenvalue weighted by molar-refractivity contribution is 6.02. The molecule has 1 aliphatic rings. The van der Waals surface area contributed by atoms with Crippen molar-refractivity contribution in [2.75, 3.05) is 4.90 Å². The minimum Gasteiger partial charge on any atom is -0.274 e. The van der Waals surface area contributed by atoms with E-state index >= 15 is 0 Å². The first kappa shape index (κ1) is 11.0. The van der Waals surface area contributed by atoms with Crippen molar-refractivity contribution in [2.45, 2.75) is 19.8 Å². The number of hydrogen-bond donors (Lipinski definition) is 0. The number of rotatable bonds is 1. The molecular formula is C15H14N2O. The number of pyridine rings is 1. The molecule has 0 aliphatic carbocycles. The number of nitrogens with zero attached hydrogens (tertiary/aromatic N) is 2. The SMILES string of the molecule is Cc1ccc2c(c1)N(c1ccccn1)C(=O)CC2. The maximum atomic E-state index is 12.2. The minimum absolute atomic E-state index is 0.117. The van der Waals surface area contributed by atoms with E-state index in [0.29, 0.717) is 12.2 Å². The van der Waals surface area contributed by atoms with Crippen LogP contribution in [0.4, 0.5) is 11.5 Å². The third-order valence-electron chi connectivity index (χ3n) is 3.22. The average molecular weight is 238 g/mol. The van der Waals surface area contributed by atoms with Crippen LogP contribution in [0, 0.1) is 6.92 Å². The maximum absolute atomic E-state index is 12.2. The van der Waals surface area contributed by atoms with Crippen LogP contribution < -0.4 is 4.90 Å². The molecule has 90 valence electrons. The first-order valence-electron chi connectivity index (χ1n) is 6.09. The molecule has 0 saturated heterocycles. The predicted molar refractivity (Wildman–Crippen MR) is 70.9 cm³/mol. The summed E-state index contributed by atoms with van der Waals surface area (Å²) in [5, 5.41) is 0. The number of aryl methyl sites for hydroxylation is 2. The molecule has 0 N–H and O–H groups in total. The molecule has 0 fully saturated rings. The Balaban J connectivity index is 2.15. The topological polar surface area (TPSA) is 33.2 Å². The largest absolute Gasteiger partial charge is 0.274 e. The molecule has 3 rings (SSSR count). The third kappa shape index (κ3) is 1.78. The number of hydrogen-bond acceptors (Lipinski definition) is 2. The van der Waals surface area contributed by atoms with Crippen LogP contribution >= 0.6 is 0 Å². The van der Waals surface area contributed by atoms with Gasteiger partial charge in [-0.15, -0.1) is 0 Å². The molecule has 3 nitrogen and oxygen atoms in total. The van der Waals surface area contributed by atoms with Crippen LogP contribution in [0.5, 0.6) is 0 Å². The molecular weight excluding hydrogens is 224 g/mol. The Morgan fingerprint density at radius 1 is 1.17 bits per heavy atom. The highest BCUT2D eigenvalue weighted by Crippen LogP contribution is 2.33. The lowest BCUT2D eigenvalue weighted by molar-refractivity contribution is -0.118. The highest BCUT2D eigenvalue weighted by Gasteiger charge is 2.26. The van der Waals surface area contributed by atoms with Crippen LogP contribution in [0.1, 0.15) is 17.5 Å². The molecule has 0 bridgehead atoms. The van der Waals surface area contributed by atoms with Gasteiger partial charge in [-0.25, -0.2) is 4.98 Å². The van der Waals surface area contributed by atoms with Crippen molar-refractivity contribution in [2.24, 2.45) is 0 Å². The van der Waals surface area contributed by atoms with Crippen molar-refractivity contribution < 1.29 is 4.79 Å². The van der Waals surface area contributed by atoms with Gasteiger partial charge in [0.05, 0.1) is 5.69 Å². The number of carbonyl (C=O) groups excluding carboxylic acids is 1. The summed E-state index contributed by atoms with van der Waals surface area (Å²) in [6.45, 7) is 2.04. The van der Waals surface area contributed by atoms with Crippen molar-refractivity contribution in [1.29, 1.82) is 0 Å². The summed E-state index contributed by atoms with van der Waals surface area (Å²) < 4.78 is 0. The normalized spacial score (nSPS) is 14.5. The van der Waals surface area contributed by atoms with Crippen molar-refractivity contribution in [1.82, 2.24) is 4.98 Å². The molecule has 1 amide bonds.